The van der Waals surface area contributed by atoms with Crippen molar-refractivity contribution in [1.29, 1.82) is 5.26 Å². The molecule has 0 unspecified atom stereocenters. The van der Waals surface area contributed by atoms with Gasteiger partial charge in [0.1, 0.15) is 27.4 Å². The maximum absolute atomic E-state index is 12.9. The summed E-state index contributed by atoms with van der Waals surface area (Å²) < 4.78 is 8.47. The number of fused-ring (bicyclic) bond motifs is 2. The van der Waals surface area contributed by atoms with E-state index in [0.717, 1.165) is 63.7 Å². The molecule has 1 aliphatic heterocycles. The van der Waals surface area contributed by atoms with Crippen molar-refractivity contribution in [3.8, 4) is 6.07 Å². The van der Waals surface area contributed by atoms with E-state index in [-0.39, 0.29) is 30.2 Å². The molecule has 1 saturated heterocycles. The number of pyridine rings is 2. The second kappa shape index (κ2) is 10.8. The first-order chi connectivity index (χ1) is 18.4. The van der Waals surface area contributed by atoms with E-state index in [1.54, 1.807) is 47.0 Å². The molecule has 1 fully saturated rings. The van der Waals surface area contributed by atoms with Crippen LogP contribution in [0, 0.1) is 11.3 Å². The zero-order valence-corrected chi connectivity index (χ0v) is 23.4. The molecule has 0 amide bonds. The maximum Gasteiger partial charge on any atom is 0.252 e. The lowest BCUT2D eigenvalue weighted by atomic mass is 9.98. The average molecular weight is 535 g/mol. The Hall–Kier alpha value is -3.33. The van der Waals surface area contributed by atoms with Gasteiger partial charge in [-0.25, -0.2) is 9.97 Å². The first-order valence-electron chi connectivity index (χ1n) is 13.1. The number of ether oxygens (including phenoxy) is 1. The molecule has 0 spiro atoms. The van der Waals surface area contributed by atoms with Crippen LogP contribution in [0.3, 0.4) is 0 Å². The number of anilines is 1. The zero-order chi connectivity index (χ0) is 27.0. The van der Waals surface area contributed by atoms with Gasteiger partial charge >= 0.3 is 0 Å². The van der Waals surface area contributed by atoms with E-state index in [4.69, 9.17) is 14.8 Å². The van der Waals surface area contributed by atoms with Gasteiger partial charge < -0.3 is 14.2 Å². The third-order valence-corrected chi connectivity index (χ3v) is 8.61. The Morgan fingerprint density at radius 2 is 2.00 bits per heavy atom. The molecule has 0 N–H and O–H groups in total. The third kappa shape index (κ3) is 4.68. The van der Waals surface area contributed by atoms with Gasteiger partial charge in [0.05, 0.1) is 35.8 Å². The SMILES string of the molecule is CC[C@H]1CN([C@@H](C)c2ccc3nc(COC)sc3n2)[C@H](CC)CN1c1cc(=O)n(C)c2cn(CC#N)nc12. The molecular formula is C27H34N8O2S. The fraction of sp³-hybridized carbons (Fsp3) is 0.519. The number of aromatic nitrogens is 5. The smallest absolute Gasteiger partial charge is 0.252 e. The van der Waals surface area contributed by atoms with E-state index < -0.39 is 0 Å². The minimum Gasteiger partial charge on any atom is -0.378 e. The lowest BCUT2D eigenvalue weighted by molar-refractivity contribution is 0.0993. The Morgan fingerprint density at radius 1 is 1.21 bits per heavy atom. The van der Waals surface area contributed by atoms with Crippen LogP contribution >= 0.6 is 11.3 Å². The number of nitriles is 1. The predicted octanol–water partition coefficient (Wildman–Crippen LogP) is 3.85. The van der Waals surface area contributed by atoms with Gasteiger partial charge in [0.25, 0.3) is 5.56 Å². The minimum absolute atomic E-state index is 0.0717. The van der Waals surface area contributed by atoms with Crippen LogP contribution in [0.15, 0.2) is 29.2 Å². The van der Waals surface area contributed by atoms with Crippen molar-refractivity contribution in [1.82, 2.24) is 29.2 Å². The lowest BCUT2D eigenvalue weighted by Crippen LogP contribution is -2.58. The zero-order valence-electron chi connectivity index (χ0n) is 22.6. The van der Waals surface area contributed by atoms with Crippen LogP contribution in [0.5, 0.6) is 0 Å². The first kappa shape index (κ1) is 26.3. The molecule has 0 radical (unpaired) electrons. The summed E-state index contributed by atoms with van der Waals surface area (Å²) in [4.78, 5) is 28.4. The van der Waals surface area contributed by atoms with Crippen molar-refractivity contribution in [2.75, 3.05) is 25.1 Å². The number of piperazine rings is 1. The fourth-order valence-corrected chi connectivity index (χ4v) is 6.44. The Morgan fingerprint density at radius 3 is 2.71 bits per heavy atom. The van der Waals surface area contributed by atoms with Crippen molar-refractivity contribution in [3.05, 3.63) is 45.5 Å². The van der Waals surface area contributed by atoms with Crippen LogP contribution < -0.4 is 10.5 Å². The highest BCUT2D eigenvalue weighted by molar-refractivity contribution is 7.18. The molecule has 0 aromatic carbocycles. The summed E-state index contributed by atoms with van der Waals surface area (Å²) in [5.74, 6) is 0. The molecule has 200 valence electrons. The van der Waals surface area contributed by atoms with Crippen LogP contribution in [-0.4, -0.2) is 61.5 Å². The van der Waals surface area contributed by atoms with Gasteiger partial charge in [-0.3, -0.25) is 14.4 Å². The predicted molar refractivity (Wildman–Crippen MR) is 149 cm³/mol. The number of methoxy groups -OCH3 is 1. The van der Waals surface area contributed by atoms with Gasteiger partial charge in [-0.15, -0.1) is 0 Å². The standard InChI is InChI=1S/C27H34N8O2S/c1-6-18-14-35(22-12-25(36)32(4)23-15-33(11-10-28)31-26(22)23)19(7-2)13-34(18)17(3)20-8-9-21-27(30-20)38-24(29-21)16-37-5/h8-9,12,15,17-19H,6-7,11,13-14,16H2,1-5H3/t17-,18+,19-/m0/s1. The molecule has 3 atom stereocenters. The minimum atomic E-state index is -0.0717. The molecular weight excluding hydrogens is 500 g/mol. The molecule has 1 aliphatic rings. The second-order valence-electron chi connectivity index (χ2n) is 9.90. The molecule has 4 aromatic rings. The average Bonchev–Trinajstić information content (AvgIpc) is 3.53. The van der Waals surface area contributed by atoms with E-state index in [1.807, 2.05) is 0 Å². The molecule has 0 saturated carbocycles. The summed E-state index contributed by atoms with van der Waals surface area (Å²) in [7, 11) is 3.43. The summed E-state index contributed by atoms with van der Waals surface area (Å²) in [6.07, 6.45) is 3.69. The van der Waals surface area contributed by atoms with Gasteiger partial charge in [-0.05, 0) is 31.9 Å². The second-order valence-corrected chi connectivity index (χ2v) is 11.0. The van der Waals surface area contributed by atoms with Crippen LogP contribution in [-0.2, 0) is 24.9 Å². The highest BCUT2D eigenvalue weighted by Gasteiger charge is 2.36. The summed E-state index contributed by atoms with van der Waals surface area (Å²) in [5.41, 5.74) is 4.24. The van der Waals surface area contributed by atoms with E-state index >= 15 is 0 Å². The monoisotopic (exact) mass is 534 g/mol. The first-order valence-corrected chi connectivity index (χ1v) is 13.9. The van der Waals surface area contributed by atoms with Gasteiger partial charge in [0.2, 0.25) is 0 Å². The molecule has 0 bridgehead atoms. The number of rotatable bonds is 8. The lowest BCUT2D eigenvalue weighted by Gasteiger charge is -2.49. The van der Waals surface area contributed by atoms with Crippen molar-refractivity contribution >= 4 is 38.4 Å². The van der Waals surface area contributed by atoms with E-state index in [2.05, 4.69) is 53.8 Å². The Balaban J connectivity index is 1.48. The summed E-state index contributed by atoms with van der Waals surface area (Å²) in [6, 6.07) is 8.62. The summed E-state index contributed by atoms with van der Waals surface area (Å²) in [6.45, 7) is 8.92. The fourth-order valence-electron chi connectivity index (χ4n) is 5.53. The molecule has 4 aromatic heterocycles. The van der Waals surface area contributed by atoms with E-state index in [0.29, 0.717) is 6.61 Å². The van der Waals surface area contributed by atoms with Crippen molar-refractivity contribution in [2.24, 2.45) is 7.05 Å². The van der Waals surface area contributed by atoms with Crippen molar-refractivity contribution in [2.45, 2.75) is 64.9 Å². The van der Waals surface area contributed by atoms with Crippen LogP contribution in [0.2, 0.25) is 0 Å². The van der Waals surface area contributed by atoms with Gasteiger partial charge in [0, 0.05) is 51.4 Å². The van der Waals surface area contributed by atoms with Gasteiger partial charge in [0.15, 0.2) is 0 Å². The number of nitrogens with zero attached hydrogens (tertiary/aromatic N) is 8. The Bertz CT molecular complexity index is 1550. The summed E-state index contributed by atoms with van der Waals surface area (Å²) in [5, 5.41) is 14.8. The quantitative estimate of drug-likeness (QED) is 0.336. The molecule has 11 heteroatoms. The highest BCUT2D eigenvalue weighted by Crippen LogP contribution is 2.34. The van der Waals surface area contributed by atoms with Crippen LogP contribution in [0.25, 0.3) is 21.4 Å². The van der Waals surface area contributed by atoms with Gasteiger partial charge in [-0.1, -0.05) is 25.2 Å². The highest BCUT2D eigenvalue weighted by atomic mass is 32.1. The van der Waals surface area contributed by atoms with E-state index in [1.165, 1.54) is 0 Å². The molecule has 5 heterocycles. The molecule has 5 rings (SSSR count). The number of hydrogen-bond acceptors (Lipinski definition) is 9. The van der Waals surface area contributed by atoms with Crippen LogP contribution in [0.1, 0.15) is 50.4 Å². The van der Waals surface area contributed by atoms with Gasteiger partial charge in [-0.2, -0.15) is 10.4 Å². The molecule has 10 nitrogen and oxygen atoms in total. The third-order valence-electron chi connectivity index (χ3n) is 7.68. The Kier molecular flexibility index (Phi) is 7.47. The molecule has 38 heavy (non-hydrogen) atoms. The normalized spacial score (nSPS) is 19.3. The Labute approximate surface area is 226 Å². The number of aryl methyl sites for hydroxylation is 1. The number of thiazole rings is 1. The summed E-state index contributed by atoms with van der Waals surface area (Å²) >= 11 is 1.58. The molecule has 0 aliphatic carbocycles. The van der Waals surface area contributed by atoms with Crippen molar-refractivity contribution < 1.29 is 4.74 Å². The number of hydrogen-bond donors (Lipinski definition) is 0. The maximum atomic E-state index is 12.9. The van der Waals surface area contributed by atoms with E-state index in [9.17, 15) is 10.1 Å². The van der Waals surface area contributed by atoms with Crippen molar-refractivity contribution in [3.63, 3.8) is 0 Å². The topological polar surface area (TPSA) is 105 Å². The van der Waals surface area contributed by atoms with Crippen LogP contribution in [0.4, 0.5) is 5.69 Å². The largest absolute Gasteiger partial charge is 0.378 e.